The summed E-state index contributed by atoms with van der Waals surface area (Å²) < 4.78 is 89.3. The van der Waals surface area contributed by atoms with Gasteiger partial charge in [-0.3, -0.25) is 13.3 Å². The summed E-state index contributed by atoms with van der Waals surface area (Å²) in [5.74, 6) is -0.205. The molecule has 1 atom stereocenters. The smallest absolute Gasteiger partial charge is 0.296 e. The van der Waals surface area contributed by atoms with E-state index in [4.69, 9.17) is 0 Å². The molecule has 0 bridgehead atoms. The van der Waals surface area contributed by atoms with E-state index < -0.39 is 47.0 Å². The SMILES string of the molecule is CN(C)c1nc(Nc2cccc(NS(=O)[O-])c2)nc(Nc2cc(S(=O)(=O)O)ccc2S(=O)(=O)O)n1. The number of hydrogen-bond acceptors (Lipinski definition) is 12. The van der Waals surface area contributed by atoms with Gasteiger partial charge in [0.25, 0.3) is 20.2 Å². The Morgan fingerprint density at radius 2 is 1.51 bits per heavy atom. The Kier molecular flexibility index (Phi) is 7.53. The zero-order valence-corrected chi connectivity index (χ0v) is 20.3. The van der Waals surface area contributed by atoms with E-state index >= 15 is 0 Å². The fraction of sp³-hybridized carbons (Fsp3) is 0.118. The first kappa shape index (κ1) is 26.2. The van der Waals surface area contributed by atoms with Crippen molar-refractivity contribution in [2.75, 3.05) is 34.4 Å². The summed E-state index contributed by atoms with van der Waals surface area (Å²) in [7, 11) is -6.29. The maximum absolute atomic E-state index is 11.8. The third kappa shape index (κ3) is 7.04. The van der Waals surface area contributed by atoms with Crippen LogP contribution in [0.2, 0.25) is 0 Å². The minimum atomic E-state index is -4.81. The lowest BCUT2D eigenvalue weighted by Gasteiger charge is -2.16. The van der Waals surface area contributed by atoms with Gasteiger partial charge in [-0.15, -0.1) is 0 Å². The van der Waals surface area contributed by atoms with Crippen molar-refractivity contribution in [2.45, 2.75) is 9.79 Å². The average Bonchev–Trinajstić information content (AvgIpc) is 2.72. The van der Waals surface area contributed by atoms with Crippen LogP contribution >= 0.6 is 0 Å². The van der Waals surface area contributed by atoms with E-state index in [1.54, 1.807) is 26.2 Å². The van der Waals surface area contributed by atoms with Crippen molar-refractivity contribution in [1.82, 2.24) is 15.0 Å². The highest BCUT2D eigenvalue weighted by molar-refractivity contribution is 7.86. The third-order valence-electron chi connectivity index (χ3n) is 4.12. The lowest BCUT2D eigenvalue weighted by atomic mass is 10.3. The molecule has 1 unspecified atom stereocenters. The molecular weight excluding hydrogens is 526 g/mol. The minimum Gasteiger partial charge on any atom is -0.755 e. The first-order valence-electron chi connectivity index (χ1n) is 9.25. The highest BCUT2D eigenvalue weighted by Crippen LogP contribution is 2.28. The van der Waals surface area contributed by atoms with Gasteiger partial charge in [-0.1, -0.05) is 6.07 Å². The summed E-state index contributed by atoms with van der Waals surface area (Å²) in [4.78, 5) is 12.6. The Hall–Kier alpha value is -3.42. The zero-order valence-electron chi connectivity index (χ0n) is 17.9. The molecule has 0 spiro atoms. The van der Waals surface area contributed by atoms with Gasteiger partial charge in [-0.2, -0.15) is 31.8 Å². The Labute approximate surface area is 202 Å². The van der Waals surface area contributed by atoms with Crippen LogP contribution in [0.25, 0.3) is 0 Å². The van der Waals surface area contributed by atoms with Crippen LogP contribution in [0, 0.1) is 0 Å². The van der Waals surface area contributed by atoms with Gasteiger partial charge < -0.3 is 24.8 Å². The molecule has 5 N–H and O–H groups in total. The molecule has 0 fully saturated rings. The molecule has 3 rings (SSSR count). The highest BCUT2D eigenvalue weighted by Gasteiger charge is 2.21. The molecular formula is C17H18N7O8S3-. The highest BCUT2D eigenvalue weighted by atomic mass is 32.2. The number of anilines is 6. The molecule has 1 heterocycles. The first-order valence-corrected chi connectivity index (χ1v) is 13.2. The van der Waals surface area contributed by atoms with E-state index in [2.05, 4.69) is 30.3 Å². The zero-order chi connectivity index (χ0) is 26.0. The van der Waals surface area contributed by atoms with Crippen LogP contribution in [-0.4, -0.2) is 63.8 Å². The van der Waals surface area contributed by atoms with Crippen LogP contribution in [0.15, 0.2) is 52.3 Å². The van der Waals surface area contributed by atoms with Crippen molar-refractivity contribution >= 4 is 66.4 Å². The van der Waals surface area contributed by atoms with Crippen molar-refractivity contribution in [3.8, 4) is 0 Å². The topological polar surface area (TPSA) is 227 Å². The van der Waals surface area contributed by atoms with E-state index in [9.17, 15) is 34.7 Å². The molecule has 188 valence electrons. The second-order valence-corrected chi connectivity index (χ2v) is 10.4. The molecule has 0 amide bonds. The van der Waals surface area contributed by atoms with Crippen LogP contribution in [-0.2, 0) is 31.5 Å². The Balaban J connectivity index is 2.05. The van der Waals surface area contributed by atoms with E-state index in [1.807, 2.05) is 0 Å². The van der Waals surface area contributed by atoms with Crippen LogP contribution in [0.5, 0.6) is 0 Å². The van der Waals surface area contributed by atoms with Crippen molar-refractivity contribution in [3.63, 3.8) is 0 Å². The standard InChI is InChI=1S/C17H19N7O8S3/c1-24(2)17-21-15(18-10-4-3-5-11(8-10)23-33(25)26)20-16(22-17)19-13-9-12(34(27,28)29)6-7-14(13)35(30,31)32/h3-9,23H,1-2H3,(H,25,26)(H,27,28,29)(H,30,31,32)(H2,18,19,20,21,22)/p-1. The average molecular weight is 545 g/mol. The molecule has 2 aromatic carbocycles. The lowest BCUT2D eigenvalue weighted by Crippen LogP contribution is -2.16. The van der Waals surface area contributed by atoms with Crippen LogP contribution < -0.4 is 20.3 Å². The van der Waals surface area contributed by atoms with E-state index in [0.717, 1.165) is 18.2 Å². The Morgan fingerprint density at radius 3 is 2.09 bits per heavy atom. The maximum Gasteiger partial charge on any atom is 0.296 e. The van der Waals surface area contributed by atoms with Gasteiger partial charge >= 0.3 is 0 Å². The molecule has 1 aromatic heterocycles. The van der Waals surface area contributed by atoms with E-state index in [0.29, 0.717) is 5.69 Å². The van der Waals surface area contributed by atoms with Gasteiger partial charge in [-0.05, 0) is 36.4 Å². The number of aromatic nitrogens is 3. The summed E-state index contributed by atoms with van der Waals surface area (Å²) in [6.07, 6.45) is 0. The normalized spacial score (nSPS) is 12.6. The predicted molar refractivity (Wildman–Crippen MR) is 126 cm³/mol. The van der Waals surface area contributed by atoms with Crippen LogP contribution in [0.3, 0.4) is 0 Å². The first-order chi connectivity index (χ1) is 16.2. The lowest BCUT2D eigenvalue weighted by molar-refractivity contribution is 0.479. The van der Waals surface area contributed by atoms with Crippen molar-refractivity contribution in [2.24, 2.45) is 0 Å². The number of benzene rings is 2. The second-order valence-electron chi connectivity index (χ2n) is 6.95. The number of rotatable bonds is 9. The fourth-order valence-electron chi connectivity index (χ4n) is 2.67. The van der Waals surface area contributed by atoms with Crippen LogP contribution in [0.4, 0.5) is 34.9 Å². The molecule has 18 heteroatoms. The maximum atomic E-state index is 11.8. The van der Waals surface area contributed by atoms with Gasteiger partial charge in [-0.25, -0.2) is 0 Å². The largest absolute Gasteiger partial charge is 0.755 e. The van der Waals surface area contributed by atoms with Crippen LogP contribution in [0.1, 0.15) is 0 Å². The van der Waals surface area contributed by atoms with Crippen molar-refractivity contribution < 1.29 is 34.7 Å². The summed E-state index contributed by atoms with van der Waals surface area (Å²) in [6, 6.07) is 8.47. The quantitative estimate of drug-likeness (QED) is 0.188. The summed E-state index contributed by atoms with van der Waals surface area (Å²) in [6.45, 7) is 0. The summed E-state index contributed by atoms with van der Waals surface area (Å²) in [5.41, 5.74) is 0.200. The molecule has 15 nitrogen and oxygen atoms in total. The van der Waals surface area contributed by atoms with Gasteiger partial charge in [0.2, 0.25) is 17.8 Å². The fourth-order valence-corrected chi connectivity index (χ4v) is 4.13. The summed E-state index contributed by atoms with van der Waals surface area (Å²) >= 11 is -2.54. The molecule has 0 saturated heterocycles. The molecule has 35 heavy (non-hydrogen) atoms. The molecule has 0 saturated carbocycles. The molecule has 0 aliphatic rings. The monoisotopic (exact) mass is 544 g/mol. The van der Waals surface area contributed by atoms with Gasteiger partial charge in [0, 0.05) is 36.7 Å². The van der Waals surface area contributed by atoms with Crippen molar-refractivity contribution in [3.05, 3.63) is 42.5 Å². The van der Waals surface area contributed by atoms with Gasteiger partial charge in [0.05, 0.1) is 10.6 Å². The third-order valence-corrected chi connectivity index (χ3v) is 6.28. The number of hydrogen-bond donors (Lipinski definition) is 5. The number of nitrogens with one attached hydrogen (secondary N) is 3. The van der Waals surface area contributed by atoms with E-state index in [1.165, 1.54) is 17.0 Å². The molecule has 0 radical (unpaired) electrons. The Bertz CT molecular complexity index is 1500. The van der Waals surface area contributed by atoms with Crippen molar-refractivity contribution in [1.29, 1.82) is 0 Å². The Morgan fingerprint density at radius 1 is 0.886 bits per heavy atom. The predicted octanol–water partition coefficient (Wildman–Crippen LogP) is 1.12. The van der Waals surface area contributed by atoms with Gasteiger partial charge in [0.1, 0.15) is 4.90 Å². The minimum absolute atomic E-state index is 0.0501. The molecule has 0 aliphatic heterocycles. The number of nitrogens with zero attached hydrogens (tertiary/aromatic N) is 4. The second kappa shape index (κ2) is 10.1. The van der Waals surface area contributed by atoms with Gasteiger partial charge in [0.15, 0.2) is 0 Å². The molecule has 3 aromatic rings. The van der Waals surface area contributed by atoms with E-state index in [-0.39, 0.29) is 23.5 Å². The summed E-state index contributed by atoms with van der Waals surface area (Å²) in [5, 5.41) is 5.36. The molecule has 0 aliphatic carbocycles.